The minimum absolute atomic E-state index is 0.124. The van der Waals surface area contributed by atoms with Gasteiger partial charge in [-0.3, -0.25) is 4.79 Å². The molecule has 128 valence electrons. The van der Waals surface area contributed by atoms with E-state index in [0.717, 1.165) is 11.3 Å². The Morgan fingerprint density at radius 1 is 1.38 bits per heavy atom. The molecular weight excluding hydrogens is 306 g/mol. The summed E-state index contributed by atoms with van der Waals surface area (Å²) in [6, 6.07) is 7.77. The molecule has 0 spiro atoms. The first-order valence-corrected chi connectivity index (χ1v) is 8.31. The van der Waals surface area contributed by atoms with E-state index in [0.29, 0.717) is 36.5 Å². The van der Waals surface area contributed by atoms with Crippen molar-refractivity contribution in [2.45, 2.75) is 38.6 Å². The number of amides is 1. The van der Waals surface area contributed by atoms with E-state index in [1.54, 1.807) is 7.11 Å². The smallest absolute Gasteiger partial charge is 0.227 e. The lowest BCUT2D eigenvalue weighted by Crippen LogP contribution is -2.36. The SMILES string of the molecule is COc1ccc(-c2noc(CCC(=O)N(C)C(C)C3CC3)n2)cc1. The molecule has 3 rings (SSSR count). The van der Waals surface area contributed by atoms with Crippen molar-refractivity contribution in [3.8, 4) is 17.1 Å². The van der Waals surface area contributed by atoms with E-state index in [4.69, 9.17) is 9.26 Å². The lowest BCUT2D eigenvalue weighted by molar-refractivity contribution is -0.132. The summed E-state index contributed by atoms with van der Waals surface area (Å²) in [6.45, 7) is 2.12. The largest absolute Gasteiger partial charge is 0.497 e. The van der Waals surface area contributed by atoms with Crippen LogP contribution in [0.5, 0.6) is 5.75 Å². The topological polar surface area (TPSA) is 68.5 Å². The van der Waals surface area contributed by atoms with E-state index >= 15 is 0 Å². The van der Waals surface area contributed by atoms with Crippen LogP contribution in [0, 0.1) is 5.92 Å². The number of carbonyl (C=O) groups is 1. The molecule has 1 unspecified atom stereocenters. The molecule has 1 aliphatic rings. The molecule has 1 fully saturated rings. The van der Waals surface area contributed by atoms with Crippen molar-refractivity contribution in [3.63, 3.8) is 0 Å². The van der Waals surface area contributed by atoms with E-state index in [-0.39, 0.29) is 5.91 Å². The monoisotopic (exact) mass is 329 g/mol. The third kappa shape index (κ3) is 3.75. The Kier molecular flexibility index (Phi) is 4.83. The van der Waals surface area contributed by atoms with Gasteiger partial charge in [-0.25, -0.2) is 0 Å². The summed E-state index contributed by atoms with van der Waals surface area (Å²) in [5.41, 5.74) is 0.858. The first-order chi connectivity index (χ1) is 11.6. The second-order valence-electron chi connectivity index (χ2n) is 6.32. The van der Waals surface area contributed by atoms with Gasteiger partial charge in [0.05, 0.1) is 7.11 Å². The summed E-state index contributed by atoms with van der Waals surface area (Å²) in [5, 5.41) is 3.99. The highest BCUT2D eigenvalue weighted by Gasteiger charge is 2.32. The molecule has 1 aromatic carbocycles. The van der Waals surface area contributed by atoms with E-state index < -0.39 is 0 Å². The Bertz CT molecular complexity index is 692. The molecule has 0 aliphatic heterocycles. The second-order valence-corrected chi connectivity index (χ2v) is 6.32. The maximum atomic E-state index is 12.3. The van der Waals surface area contributed by atoms with E-state index in [2.05, 4.69) is 17.1 Å². The van der Waals surface area contributed by atoms with E-state index in [1.165, 1.54) is 12.8 Å². The molecule has 0 N–H and O–H groups in total. The van der Waals surface area contributed by atoms with Crippen LogP contribution in [-0.2, 0) is 11.2 Å². The van der Waals surface area contributed by atoms with Gasteiger partial charge in [-0.1, -0.05) is 5.16 Å². The van der Waals surface area contributed by atoms with Gasteiger partial charge in [-0.15, -0.1) is 0 Å². The molecule has 1 aliphatic carbocycles. The van der Waals surface area contributed by atoms with Crippen molar-refractivity contribution in [3.05, 3.63) is 30.2 Å². The Morgan fingerprint density at radius 3 is 2.71 bits per heavy atom. The number of aryl methyl sites for hydroxylation is 1. The quantitative estimate of drug-likeness (QED) is 0.781. The maximum absolute atomic E-state index is 12.3. The van der Waals surface area contributed by atoms with Gasteiger partial charge in [0.25, 0.3) is 0 Å². The third-order valence-electron chi connectivity index (χ3n) is 4.68. The van der Waals surface area contributed by atoms with Crippen LogP contribution >= 0.6 is 0 Å². The van der Waals surface area contributed by atoms with Crippen molar-refractivity contribution >= 4 is 5.91 Å². The van der Waals surface area contributed by atoms with Crippen LogP contribution in [0.2, 0.25) is 0 Å². The van der Waals surface area contributed by atoms with Crippen molar-refractivity contribution < 1.29 is 14.1 Å². The van der Waals surface area contributed by atoms with Crippen LogP contribution in [0.25, 0.3) is 11.4 Å². The maximum Gasteiger partial charge on any atom is 0.227 e. The highest BCUT2D eigenvalue weighted by atomic mass is 16.5. The van der Waals surface area contributed by atoms with Gasteiger partial charge in [0, 0.05) is 31.5 Å². The second kappa shape index (κ2) is 7.03. The number of nitrogens with zero attached hydrogens (tertiary/aromatic N) is 3. The first kappa shape index (κ1) is 16.5. The Balaban J connectivity index is 1.56. The Hall–Kier alpha value is -2.37. The van der Waals surface area contributed by atoms with Crippen LogP contribution < -0.4 is 4.74 Å². The fourth-order valence-electron chi connectivity index (χ4n) is 2.73. The summed E-state index contributed by atoms with van der Waals surface area (Å²) >= 11 is 0. The molecule has 24 heavy (non-hydrogen) atoms. The number of ether oxygens (including phenoxy) is 1. The molecule has 1 saturated carbocycles. The Labute approximate surface area is 141 Å². The van der Waals surface area contributed by atoms with Crippen molar-refractivity contribution in [1.82, 2.24) is 15.0 Å². The zero-order valence-electron chi connectivity index (χ0n) is 14.4. The lowest BCUT2D eigenvalue weighted by atomic mass is 10.1. The van der Waals surface area contributed by atoms with Crippen LogP contribution in [-0.4, -0.2) is 41.1 Å². The fraction of sp³-hybridized carbons (Fsp3) is 0.500. The first-order valence-electron chi connectivity index (χ1n) is 8.31. The van der Waals surface area contributed by atoms with Crippen LogP contribution in [0.15, 0.2) is 28.8 Å². The summed E-state index contributed by atoms with van der Waals surface area (Å²) in [4.78, 5) is 18.5. The number of hydrogen-bond donors (Lipinski definition) is 0. The molecule has 0 radical (unpaired) electrons. The standard InChI is InChI=1S/C18H23N3O3/c1-12(13-4-5-13)21(2)17(22)11-10-16-19-18(20-24-16)14-6-8-15(23-3)9-7-14/h6-9,12-13H,4-5,10-11H2,1-3H3. The third-order valence-corrected chi connectivity index (χ3v) is 4.68. The number of benzene rings is 1. The fourth-order valence-corrected chi connectivity index (χ4v) is 2.73. The molecule has 1 aromatic heterocycles. The minimum Gasteiger partial charge on any atom is -0.497 e. The highest BCUT2D eigenvalue weighted by Crippen LogP contribution is 2.34. The molecule has 1 amide bonds. The highest BCUT2D eigenvalue weighted by molar-refractivity contribution is 5.76. The van der Waals surface area contributed by atoms with Gasteiger partial charge in [0.1, 0.15) is 5.75 Å². The number of methoxy groups -OCH3 is 1. The van der Waals surface area contributed by atoms with Gasteiger partial charge >= 0.3 is 0 Å². The predicted octanol–water partition coefficient (Wildman–Crippen LogP) is 2.93. The van der Waals surface area contributed by atoms with Gasteiger partial charge in [0.15, 0.2) is 0 Å². The summed E-state index contributed by atoms with van der Waals surface area (Å²) < 4.78 is 10.4. The zero-order valence-corrected chi connectivity index (χ0v) is 14.4. The van der Waals surface area contributed by atoms with Crippen LogP contribution in [0.1, 0.15) is 32.1 Å². The number of aromatic nitrogens is 2. The Morgan fingerprint density at radius 2 is 2.08 bits per heavy atom. The van der Waals surface area contributed by atoms with E-state index in [1.807, 2.05) is 36.2 Å². The molecule has 2 aromatic rings. The average molecular weight is 329 g/mol. The van der Waals surface area contributed by atoms with Crippen molar-refractivity contribution in [2.24, 2.45) is 5.92 Å². The lowest BCUT2D eigenvalue weighted by Gasteiger charge is -2.24. The molecular formula is C18H23N3O3. The predicted molar refractivity (Wildman–Crippen MR) is 89.6 cm³/mol. The normalized spacial score (nSPS) is 15.1. The van der Waals surface area contributed by atoms with Gasteiger partial charge in [-0.05, 0) is 49.9 Å². The van der Waals surface area contributed by atoms with Crippen molar-refractivity contribution in [1.29, 1.82) is 0 Å². The van der Waals surface area contributed by atoms with Gasteiger partial charge in [0.2, 0.25) is 17.6 Å². The molecule has 1 heterocycles. The zero-order chi connectivity index (χ0) is 17.1. The van der Waals surface area contributed by atoms with E-state index in [9.17, 15) is 4.79 Å². The average Bonchev–Trinajstić information content (AvgIpc) is 3.36. The minimum atomic E-state index is 0.124. The summed E-state index contributed by atoms with van der Waals surface area (Å²) in [7, 11) is 3.50. The van der Waals surface area contributed by atoms with Gasteiger partial charge < -0.3 is 14.2 Å². The molecule has 1 atom stereocenters. The molecule has 0 bridgehead atoms. The number of carbonyl (C=O) groups excluding carboxylic acids is 1. The van der Waals surface area contributed by atoms with Crippen LogP contribution in [0.3, 0.4) is 0 Å². The molecule has 6 heteroatoms. The summed E-state index contributed by atoms with van der Waals surface area (Å²) in [5.74, 6) is 2.59. The van der Waals surface area contributed by atoms with Crippen molar-refractivity contribution in [2.75, 3.05) is 14.2 Å². The molecule has 0 saturated heterocycles. The number of hydrogen-bond acceptors (Lipinski definition) is 5. The molecule has 6 nitrogen and oxygen atoms in total. The van der Waals surface area contributed by atoms with Gasteiger partial charge in [-0.2, -0.15) is 4.98 Å². The van der Waals surface area contributed by atoms with Crippen LogP contribution in [0.4, 0.5) is 0 Å². The number of rotatable bonds is 7. The summed E-state index contributed by atoms with van der Waals surface area (Å²) in [6.07, 6.45) is 3.31.